The number of anilines is 3. The maximum Gasteiger partial charge on any atom is 0.352 e. The van der Waals surface area contributed by atoms with Crippen LogP contribution in [0.4, 0.5) is 16.8 Å². The number of nitrogens with zero attached hydrogens (tertiary/aromatic N) is 4. The van der Waals surface area contributed by atoms with Crippen molar-refractivity contribution in [1.82, 2.24) is 9.97 Å². The van der Waals surface area contributed by atoms with E-state index in [1.165, 1.54) is 11.3 Å². The van der Waals surface area contributed by atoms with Crippen LogP contribution in [-0.4, -0.2) is 48.7 Å². The molecule has 2 aromatic rings. The zero-order valence-corrected chi connectivity index (χ0v) is 13.8. The first-order chi connectivity index (χ1) is 11.2. The van der Waals surface area contributed by atoms with E-state index in [2.05, 4.69) is 19.8 Å². The number of nitrogen functional groups attached to an aromatic ring is 1. The van der Waals surface area contributed by atoms with Gasteiger partial charge in [-0.2, -0.15) is 0 Å². The summed E-state index contributed by atoms with van der Waals surface area (Å²) in [6.45, 7) is 5.27. The summed E-state index contributed by atoms with van der Waals surface area (Å²) < 4.78 is 5.09. The third-order valence-corrected chi connectivity index (χ3v) is 4.49. The molecule has 3 heterocycles. The zero-order valence-electron chi connectivity index (χ0n) is 12.9. The molecule has 8 heteroatoms. The van der Waals surface area contributed by atoms with E-state index in [9.17, 15) is 4.79 Å². The third kappa shape index (κ3) is 3.37. The van der Waals surface area contributed by atoms with E-state index in [1.54, 1.807) is 13.1 Å². The highest BCUT2D eigenvalue weighted by molar-refractivity contribution is 7.17. The summed E-state index contributed by atoms with van der Waals surface area (Å²) >= 11 is 1.18. The first-order valence-electron chi connectivity index (χ1n) is 7.53. The van der Waals surface area contributed by atoms with Crippen LogP contribution >= 0.6 is 11.3 Å². The monoisotopic (exact) mass is 333 g/mol. The smallest absolute Gasteiger partial charge is 0.352 e. The van der Waals surface area contributed by atoms with Crippen molar-refractivity contribution in [3.63, 3.8) is 0 Å². The Labute approximate surface area is 138 Å². The fraction of sp³-hybridized carbons (Fsp3) is 0.400. The third-order valence-electron chi connectivity index (χ3n) is 3.64. The number of carbonyl (C=O) groups excluding carboxylic acids is 1. The molecule has 0 spiro atoms. The van der Waals surface area contributed by atoms with Gasteiger partial charge in [0.05, 0.1) is 6.61 Å². The molecule has 3 rings (SSSR count). The highest BCUT2D eigenvalue weighted by atomic mass is 32.1. The molecule has 2 aromatic heterocycles. The summed E-state index contributed by atoms with van der Waals surface area (Å²) in [6, 6.07) is 5.89. The molecule has 7 nitrogen and oxygen atoms in total. The minimum Gasteiger partial charge on any atom is -0.462 e. The van der Waals surface area contributed by atoms with Crippen molar-refractivity contribution in [2.24, 2.45) is 0 Å². The zero-order chi connectivity index (χ0) is 16.2. The predicted octanol–water partition coefficient (Wildman–Crippen LogP) is 1.62. The van der Waals surface area contributed by atoms with Crippen molar-refractivity contribution >= 4 is 34.1 Å². The summed E-state index contributed by atoms with van der Waals surface area (Å²) in [5.41, 5.74) is 5.79. The molecule has 0 aromatic carbocycles. The summed E-state index contributed by atoms with van der Waals surface area (Å²) in [7, 11) is 0. The number of rotatable bonds is 4. The Morgan fingerprint density at radius 1 is 1.30 bits per heavy atom. The molecule has 0 bridgehead atoms. The molecule has 122 valence electrons. The Morgan fingerprint density at radius 2 is 2.04 bits per heavy atom. The van der Waals surface area contributed by atoms with Gasteiger partial charge in [-0.15, -0.1) is 0 Å². The van der Waals surface area contributed by atoms with E-state index >= 15 is 0 Å². The standard InChI is InChI=1S/C15H19N5O2S/c1-2-22-14(21)12-13(18-15(16)23-12)20-9-7-19(8-10-20)11-5-3-4-6-17-11/h3-6H,2,7-10H2,1H3,(H2,16,18). The van der Waals surface area contributed by atoms with E-state index in [4.69, 9.17) is 10.5 Å². The maximum absolute atomic E-state index is 12.1. The van der Waals surface area contributed by atoms with Gasteiger partial charge in [0.25, 0.3) is 0 Å². The van der Waals surface area contributed by atoms with Gasteiger partial charge in [0.1, 0.15) is 5.82 Å². The number of ether oxygens (including phenoxy) is 1. The molecule has 0 unspecified atom stereocenters. The number of aromatic nitrogens is 2. The molecule has 0 radical (unpaired) electrons. The van der Waals surface area contributed by atoms with Crippen molar-refractivity contribution in [1.29, 1.82) is 0 Å². The molecule has 0 aliphatic carbocycles. The number of esters is 1. The molecule has 1 aliphatic heterocycles. The lowest BCUT2D eigenvalue weighted by molar-refractivity contribution is 0.0532. The van der Waals surface area contributed by atoms with Crippen LogP contribution in [0, 0.1) is 0 Å². The van der Waals surface area contributed by atoms with Crippen LogP contribution in [0.15, 0.2) is 24.4 Å². The van der Waals surface area contributed by atoms with Crippen LogP contribution in [0.1, 0.15) is 16.6 Å². The van der Waals surface area contributed by atoms with Crippen molar-refractivity contribution in [2.75, 3.05) is 48.3 Å². The first-order valence-corrected chi connectivity index (χ1v) is 8.35. The average Bonchev–Trinajstić information content (AvgIpc) is 2.98. The van der Waals surface area contributed by atoms with Gasteiger partial charge in [-0.3, -0.25) is 0 Å². The SMILES string of the molecule is CCOC(=O)c1sc(N)nc1N1CCN(c2ccccn2)CC1. The topological polar surface area (TPSA) is 84.6 Å². The number of piperazine rings is 1. The second kappa shape index (κ2) is 6.82. The number of nitrogens with two attached hydrogens (primary N) is 1. The minimum absolute atomic E-state index is 0.337. The highest BCUT2D eigenvalue weighted by Crippen LogP contribution is 2.30. The van der Waals surface area contributed by atoms with E-state index in [1.807, 2.05) is 18.2 Å². The summed E-state index contributed by atoms with van der Waals surface area (Å²) in [5, 5.41) is 0.384. The molecule has 2 N–H and O–H groups in total. The van der Waals surface area contributed by atoms with Crippen molar-refractivity contribution in [2.45, 2.75) is 6.92 Å². The molecule has 23 heavy (non-hydrogen) atoms. The molecule has 0 atom stereocenters. The van der Waals surface area contributed by atoms with Gasteiger partial charge in [0.15, 0.2) is 15.8 Å². The highest BCUT2D eigenvalue weighted by Gasteiger charge is 2.26. The lowest BCUT2D eigenvalue weighted by Gasteiger charge is -2.35. The normalized spacial score (nSPS) is 14.8. The minimum atomic E-state index is -0.358. The molecular weight excluding hydrogens is 314 g/mol. The average molecular weight is 333 g/mol. The Hall–Kier alpha value is -2.35. The first kappa shape index (κ1) is 15.5. The van der Waals surface area contributed by atoms with Crippen LogP contribution in [0.3, 0.4) is 0 Å². The molecule has 0 amide bonds. The fourth-order valence-corrected chi connectivity index (χ4v) is 3.31. The van der Waals surface area contributed by atoms with Crippen LogP contribution in [0.25, 0.3) is 0 Å². The molecule has 1 fully saturated rings. The summed E-state index contributed by atoms with van der Waals surface area (Å²) in [6.07, 6.45) is 1.79. The lowest BCUT2D eigenvalue weighted by Crippen LogP contribution is -2.47. The van der Waals surface area contributed by atoms with E-state index in [-0.39, 0.29) is 5.97 Å². The summed E-state index contributed by atoms with van der Waals surface area (Å²) in [5.74, 6) is 1.24. The maximum atomic E-state index is 12.1. The number of hydrogen-bond acceptors (Lipinski definition) is 8. The van der Waals surface area contributed by atoms with Gasteiger partial charge in [0.2, 0.25) is 0 Å². The Balaban J connectivity index is 1.72. The Kier molecular flexibility index (Phi) is 4.61. The van der Waals surface area contributed by atoms with E-state index < -0.39 is 0 Å². The molecule has 1 aliphatic rings. The van der Waals surface area contributed by atoms with Crippen molar-refractivity contribution in [3.8, 4) is 0 Å². The molecule has 0 saturated carbocycles. The van der Waals surface area contributed by atoms with Gasteiger partial charge in [-0.25, -0.2) is 14.8 Å². The van der Waals surface area contributed by atoms with Gasteiger partial charge in [0, 0.05) is 32.4 Å². The number of carbonyl (C=O) groups is 1. The van der Waals surface area contributed by atoms with Crippen LogP contribution in [0.5, 0.6) is 0 Å². The quantitative estimate of drug-likeness (QED) is 0.851. The van der Waals surface area contributed by atoms with E-state index in [0.29, 0.717) is 22.4 Å². The predicted molar refractivity (Wildman–Crippen MR) is 91.1 cm³/mol. The molecular formula is C15H19N5O2S. The van der Waals surface area contributed by atoms with Crippen molar-refractivity contribution in [3.05, 3.63) is 29.3 Å². The van der Waals surface area contributed by atoms with Crippen LogP contribution in [0.2, 0.25) is 0 Å². The van der Waals surface area contributed by atoms with Crippen LogP contribution in [-0.2, 0) is 4.74 Å². The van der Waals surface area contributed by atoms with Gasteiger partial charge >= 0.3 is 5.97 Å². The lowest BCUT2D eigenvalue weighted by atomic mass is 10.3. The second-order valence-electron chi connectivity index (χ2n) is 5.09. The van der Waals surface area contributed by atoms with Gasteiger partial charge in [-0.05, 0) is 19.1 Å². The van der Waals surface area contributed by atoms with Gasteiger partial charge in [-0.1, -0.05) is 17.4 Å². The van der Waals surface area contributed by atoms with Crippen LogP contribution < -0.4 is 15.5 Å². The fourth-order valence-electron chi connectivity index (χ4n) is 2.56. The Bertz CT molecular complexity index is 668. The van der Waals surface area contributed by atoms with E-state index in [0.717, 1.165) is 32.0 Å². The number of thiazole rings is 1. The molecule has 1 saturated heterocycles. The number of hydrogen-bond donors (Lipinski definition) is 1. The summed E-state index contributed by atoms with van der Waals surface area (Å²) in [4.78, 5) is 25.5. The second-order valence-corrected chi connectivity index (χ2v) is 6.12. The van der Waals surface area contributed by atoms with Crippen molar-refractivity contribution < 1.29 is 9.53 Å². The largest absolute Gasteiger partial charge is 0.462 e. The van der Waals surface area contributed by atoms with Gasteiger partial charge < -0.3 is 20.3 Å². The Morgan fingerprint density at radius 3 is 2.70 bits per heavy atom. The number of pyridine rings is 1.